The first-order valence-electron chi connectivity index (χ1n) is 8.11. The second-order valence-electron chi connectivity index (χ2n) is 6.40. The Morgan fingerprint density at radius 2 is 2.13 bits per heavy atom. The first kappa shape index (κ1) is 18.7. The summed E-state index contributed by atoms with van der Waals surface area (Å²) in [5, 5.41) is 6.50. The molecule has 0 radical (unpaired) electrons. The molecule has 1 aromatic carbocycles. The summed E-state index contributed by atoms with van der Waals surface area (Å²) < 4.78 is 13.6. The van der Waals surface area contributed by atoms with Crippen LogP contribution in [0.1, 0.15) is 37.7 Å². The molecule has 3 nitrogen and oxygen atoms in total. The van der Waals surface area contributed by atoms with Crippen molar-refractivity contribution in [3.05, 3.63) is 34.1 Å². The minimum Gasteiger partial charge on any atom is -0.354 e. The second kappa shape index (κ2) is 8.45. The number of fused-ring (bicyclic) bond motifs is 1. The Bertz CT molecular complexity index is 543. The normalized spacial score (nSPS) is 26.3. The predicted molar refractivity (Wildman–Crippen MR) is 95.3 cm³/mol. The maximum atomic E-state index is 13.2. The standard InChI is InChI=1S/C17H22BrFN2O.ClH/c18-13-9-11(5-6-14(13)19)7-8-20-17(22)16-10-12-3-1-2-4-15(12)21-16;/h5-6,9,12,15-16,21H,1-4,7-8,10H2,(H,20,22);1H. The zero-order chi connectivity index (χ0) is 15.5. The van der Waals surface area contributed by atoms with E-state index in [1.165, 1.54) is 31.7 Å². The molecule has 2 N–H and O–H groups in total. The van der Waals surface area contributed by atoms with E-state index in [1.54, 1.807) is 12.1 Å². The van der Waals surface area contributed by atoms with Crippen LogP contribution in [0.15, 0.2) is 22.7 Å². The van der Waals surface area contributed by atoms with Crippen LogP contribution in [0.2, 0.25) is 0 Å². The van der Waals surface area contributed by atoms with Gasteiger partial charge in [-0.05, 0) is 65.2 Å². The van der Waals surface area contributed by atoms with Crippen molar-refractivity contribution in [2.75, 3.05) is 6.54 Å². The van der Waals surface area contributed by atoms with E-state index >= 15 is 0 Å². The minimum atomic E-state index is -0.259. The van der Waals surface area contributed by atoms with E-state index in [4.69, 9.17) is 0 Å². The zero-order valence-electron chi connectivity index (χ0n) is 13.0. The molecule has 1 aliphatic heterocycles. The van der Waals surface area contributed by atoms with E-state index in [0.717, 1.165) is 12.0 Å². The average Bonchev–Trinajstić information content (AvgIpc) is 2.95. The lowest BCUT2D eigenvalue weighted by Crippen LogP contribution is -2.43. The van der Waals surface area contributed by atoms with E-state index < -0.39 is 0 Å². The summed E-state index contributed by atoms with van der Waals surface area (Å²) in [5.74, 6) is 0.527. The Morgan fingerprint density at radius 3 is 2.87 bits per heavy atom. The van der Waals surface area contributed by atoms with Gasteiger partial charge < -0.3 is 10.6 Å². The van der Waals surface area contributed by atoms with Crippen LogP contribution < -0.4 is 10.6 Å². The molecule has 1 saturated heterocycles. The van der Waals surface area contributed by atoms with Gasteiger partial charge in [-0.3, -0.25) is 4.79 Å². The summed E-state index contributed by atoms with van der Waals surface area (Å²) in [5.41, 5.74) is 1.02. The number of amides is 1. The first-order valence-corrected chi connectivity index (χ1v) is 8.90. The molecule has 0 spiro atoms. The van der Waals surface area contributed by atoms with Gasteiger partial charge in [0.25, 0.3) is 0 Å². The molecule has 2 aliphatic rings. The number of carbonyl (C=O) groups excluding carboxylic acids is 1. The van der Waals surface area contributed by atoms with Gasteiger partial charge in [-0.25, -0.2) is 4.39 Å². The van der Waals surface area contributed by atoms with Crippen molar-refractivity contribution < 1.29 is 9.18 Å². The fourth-order valence-electron chi connectivity index (χ4n) is 3.67. The molecule has 128 valence electrons. The van der Waals surface area contributed by atoms with Crippen molar-refractivity contribution in [3.8, 4) is 0 Å². The largest absolute Gasteiger partial charge is 0.354 e. The molecule has 1 amide bonds. The van der Waals surface area contributed by atoms with Crippen LogP contribution >= 0.6 is 28.3 Å². The van der Waals surface area contributed by atoms with Crippen LogP contribution in [0.25, 0.3) is 0 Å². The summed E-state index contributed by atoms with van der Waals surface area (Å²) in [6, 6.07) is 5.48. The SMILES string of the molecule is Cl.O=C(NCCc1ccc(F)c(Br)c1)C1CC2CCCCC2N1. The Labute approximate surface area is 151 Å². The number of halogens is 3. The third kappa shape index (κ3) is 4.68. The molecule has 3 unspecified atom stereocenters. The smallest absolute Gasteiger partial charge is 0.237 e. The van der Waals surface area contributed by atoms with Crippen LogP contribution in [0.3, 0.4) is 0 Å². The van der Waals surface area contributed by atoms with Crippen molar-refractivity contribution in [3.63, 3.8) is 0 Å². The molecule has 6 heteroatoms. The highest BCUT2D eigenvalue weighted by atomic mass is 79.9. The maximum absolute atomic E-state index is 13.2. The fraction of sp³-hybridized carbons (Fsp3) is 0.588. The molecule has 1 aliphatic carbocycles. The Morgan fingerprint density at radius 1 is 1.35 bits per heavy atom. The predicted octanol–water partition coefficient (Wildman–Crippen LogP) is 3.59. The quantitative estimate of drug-likeness (QED) is 0.804. The van der Waals surface area contributed by atoms with Gasteiger partial charge in [-0.15, -0.1) is 12.4 Å². The Hall–Kier alpha value is -0.650. The zero-order valence-corrected chi connectivity index (χ0v) is 15.4. The molecule has 1 heterocycles. The number of hydrogen-bond acceptors (Lipinski definition) is 2. The van der Waals surface area contributed by atoms with Crippen molar-refractivity contribution in [2.24, 2.45) is 5.92 Å². The van der Waals surface area contributed by atoms with Gasteiger partial charge in [0.05, 0.1) is 10.5 Å². The summed E-state index contributed by atoms with van der Waals surface area (Å²) in [7, 11) is 0. The molecule has 0 bridgehead atoms. The molecular weight excluding hydrogens is 383 g/mol. The molecular formula is C17H23BrClFN2O. The molecule has 3 rings (SSSR count). The van der Waals surface area contributed by atoms with Gasteiger partial charge >= 0.3 is 0 Å². The molecule has 2 fully saturated rings. The first-order chi connectivity index (χ1) is 10.6. The van der Waals surface area contributed by atoms with Gasteiger partial charge in [0.2, 0.25) is 5.91 Å². The molecule has 0 aromatic heterocycles. The van der Waals surface area contributed by atoms with Gasteiger partial charge in [0.15, 0.2) is 0 Å². The summed E-state index contributed by atoms with van der Waals surface area (Å²) in [6.45, 7) is 0.588. The highest BCUT2D eigenvalue weighted by Crippen LogP contribution is 2.33. The Balaban J connectivity index is 0.00000192. The summed E-state index contributed by atoms with van der Waals surface area (Å²) >= 11 is 3.18. The van der Waals surface area contributed by atoms with Crippen molar-refractivity contribution in [1.82, 2.24) is 10.6 Å². The van der Waals surface area contributed by atoms with Gasteiger partial charge in [-0.1, -0.05) is 18.9 Å². The van der Waals surface area contributed by atoms with E-state index in [9.17, 15) is 9.18 Å². The van der Waals surface area contributed by atoms with Crippen LogP contribution in [-0.2, 0) is 11.2 Å². The lowest BCUT2D eigenvalue weighted by Gasteiger charge is -2.24. The highest BCUT2D eigenvalue weighted by Gasteiger charge is 2.37. The van der Waals surface area contributed by atoms with Crippen molar-refractivity contribution in [1.29, 1.82) is 0 Å². The third-order valence-electron chi connectivity index (χ3n) is 4.88. The average molecular weight is 406 g/mol. The van der Waals surface area contributed by atoms with E-state index in [2.05, 4.69) is 26.6 Å². The lowest BCUT2D eigenvalue weighted by atomic mass is 9.85. The van der Waals surface area contributed by atoms with E-state index in [1.807, 2.05) is 0 Å². The number of rotatable bonds is 4. The number of benzene rings is 1. The minimum absolute atomic E-state index is 0. The van der Waals surface area contributed by atoms with Crippen molar-refractivity contribution in [2.45, 2.75) is 50.6 Å². The molecule has 23 heavy (non-hydrogen) atoms. The molecule has 3 atom stereocenters. The molecule has 1 aromatic rings. The summed E-state index contributed by atoms with van der Waals surface area (Å²) in [6.07, 6.45) is 6.73. The third-order valence-corrected chi connectivity index (χ3v) is 5.48. The van der Waals surface area contributed by atoms with Crippen molar-refractivity contribution >= 4 is 34.2 Å². The number of nitrogens with one attached hydrogen (secondary N) is 2. The lowest BCUT2D eigenvalue weighted by molar-refractivity contribution is -0.122. The van der Waals surface area contributed by atoms with Crippen LogP contribution in [-0.4, -0.2) is 24.5 Å². The highest BCUT2D eigenvalue weighted by molar-refractivity contribution is 9.10. The van der Waals surface area contributed by atoms with E-state index in [0.29, 0.717) is 29.4 Å². The maximum Gasteiger partial charge on any atom is 0.237 e. The number of carbonyl (C=O) groups is 1. The topological polar surface area (TPSA) is 41.1 Å². The van der Waals surface area contributed by atoms with Gasteiger partial charge in [0, 0.05) is 12.6 Å². The fourth-order valence-corrected chi connectivity index (χ4v) is 4.10. The second-order valence-corrected chi connectivity index (χ2v) is 7.25. The summed E-state index contributed by atoms with van der Waals surface area (Å²) in [4.78, 5) is 12.3. The number of hydrogen-bond donors (Lipinski definition) is 2. The van der Waals surface area contributed by atoms with Crippen LogP contribution in [0.5, 0.6) is 0 Å². The van der Waals surface area contributed by atoms with Crippen LogP contribution in [0.4, 0.5) is 4.39 Å². The van der Waals surface area contributed by atoms with Crippen LogP contribution in [0, 0.1) is 11.7 Å². The monoisotopic (exact) mass is 404 g/mol. The van der Waals surface area contributed by atoms with E-state index in [-0.39, 0.29) is 30.2 Å². The Kier molecular flexibility index (Phi) is 6.86. The van der Waals surface area contributed by atoms with Gasteiger partial charge in [-0.2, -0.15) is 0 Å². The van der Waals surface area contributed by atoms with Gasteiger partial charge in [0.1, 0.15) is 5.82 Å². The molecule has 1 saturated carbocycles.